The highest BCUT2D eigenvalue weighted by atomic mass is 19.1. The molecular weight excluding hydrogens is 341 g/mol. The molecule has 3 rings (SSSR count). The molecule has 7 nitrogen and oxygen atoms in total. The predicted molar refractivity (Wildman–Crippen MR) is 92.4 cm³/mol. The number of esters is 1. The van der Waals surface area contributed by atoms with Gasteiger partial charge in [-0.1, -0.05) is 0 Å². The molecule has 0 bridgehead atoms. The number of amides is 1. The van der Waals surface area contributed by atoms with Crippen molar-refractivity contribution in [1.29, 1.82) is 0 Å². The Bertz CT molecular complexity index is 1040. The van der Waals surface area contributed by atoms with Gasteiger partial charge in [0.2, 0.25) is 5.91 Å². The fourth-order valence-electron chi connectivity index (χ4n) is 2.41. The summed E-state index contributed by atoms with van der Waals surface area (Å²) in [6.45, 7) is -0.252. The molecule has 0 unspecified atom stereocenters. The average Bonchev–Trinajstić information content (AvgIpc) is 2.64. The number of aromatic nitrogens is 2. The summed E-state index contributed by atoms with van der Waals surface area (Å²) in [5.74, 6) is -1.41. The lowest BCUT2D eigenvalue weighted by molar-refractivity contribution is -0.116. The number of hydrogen-bond acceptors (Lipinski definition) is 5. The van der Waals surface area contributed by atoms with Gasteiger partial charge in [-0.3, -0.25) is 14.2 Å². The monoisotopic (exact) mass is 355 g/mol. The van der Waals surface area contributed by atoms with Crippen molar-refractivity contribution in [3.63, 3.8) is 0 Å². The van der Waals surface area contributed by atoms with Crippen LogP contribution in [0, 0.1) is 5.82 Å². The third-order valence-electron chi connectivity index (χ3n) is 3.69. The van der Waals surface area contributed by atoms with E-state index in [0.717, 1.165) is 10.6 Å². The van der Waals surface area contributed by atoms with Crippen LogP contribution in [0.15, 0.2) is 53.6 Å². The van der Waals surface area contributed by atoms with Gasteiger partial charge in [0.25, 0.3) is 5.56 Å². The zero-order valence-corrected chi connectivity index (χ0v) is 13.7. The molecule has 132 valence electrons. The van der Waals surface area contributed by atoms with E-state index in [1.54, 1.807) is 12.1 Å². The van der Waals surface area contributed by atoms with Crippen LogP contribution in [0.2, 0.25) is 0 Å². The van der Waals surface area contributed by atoms with E-state index in [4.69, 9.17) is 0 Å². The number of halogens is 1. The Morgan fingerprint density at radius 3 is 2.62 bits per heavy atom. The number of carbonyl (C=O) groups excluding carboxylic acids is 2. The zero-order valence-electron chi connectivity index (χ0n) is 13.7. The van der Waals surface area contributed by atoms with Crippen LogP contribution in [-0.4, -0.2) is 28.5 Å². The van der Waals surface area contributed by atoms with Crippen LogP contribution in [0.4, 0.5) is 10.1 Å². The van der Waals surface area contributed by atoms with Gasteiger partial charge >= 0.3 is 5.97 Å². The van der Waals surface area contributed by atoms with Gasteiger partial charge in [0, 0.05) is 11.8 Å². The molecule has 0 spiro atoms. The van der Waals surface area contributed by atoms with Crippen molar-refractivity contribution >= 4 is 28.5 Å². The summed E-state index contributed by atoms with van der Waals surface area (Å²) in [5.41, 5.74) is 0.607. The van der Waals surface area contributed by atoms with Crippen molar-refractivity contribution in [1.82, 2.24) is 9.55 Å². The van der Waals surface area contributed by atoms with Crippen LogP contribution in [0.5, 0.6) is 0 Å². The van der Waals surface area contributed by atoms with Crippen LogP contribution in [0.25, 0.3) is 10.9 Å². The first kappa shape index (κ1) is 17.3. The standard InChI is InChI=1S/C18H14FN3O4/c1-26-18(25)11-2-5-13(6-3-11)21-16(23)9-22-10-20-15-8-12(19)4-7-14(15)17(22)24/h2-8,10H,9H2,1H3,(H,21,23). The average molecular weight is 355 g/mol. The number of hydrogen-bond donors (Lipinski definition) is 1. The van der Waals surface area contributed by atoms with Gasteiger partial charge in [-0.25, -0.2) is 14.2 Å². The van der Waals surface area contributed by atoms with Crippen LogP contribution >= 0.6 is 0 Å². The molecule has 0 aliphatic carbocycles. The maximum Gasteiger partial charge on any atom is 0.337 e. The molecular formula is C18H14FN3O4. The minimum absolute atomic E-state index is 0.226. The van der Waals surface area contributed by atoms with Gasteiger partial charge < -0.3 is 10.1 Å². The molecule has 0 saturated carbocycles. The lowest BCUT2D eigenvalue weighted by atomic mass is 10.2. The summed E-state index contributed by atoms with van der Waals surface area (Å²) in [6.07, 6.45) is 1.20. The highest BCUT2D eigenvalue weighted by Gasteiger charge is 2.10. The summed E-state index contributed by atoms with van der Waals surface area (Å²) in [7, 11) is 1.28. The fraction of sp³-hybridized carbons (Fsp3) is 0.111. The highest BCUT2D eigenvalue weighted by Crippen LogP contribution is 2.11. The molecule has 1 N–H and O–H groups in total. The van der Waals surface area contributed by atoms with Crippen molar-refractivity contribution in [2.24, 2.45) is 0 Å². The summed E-state index contributed by atoms with van der Waals surface area (Å²) in [6, 6.07) is 9.78. The number of anilines is 1. The Morgan fingerprint density at radius 2 is 1.92 bits per heavy atom. The topological polar surface area (TPSA) is 90.3 Å². The maximum absolute atomic E-state index is 13.2. The number of rotatable bonds is 4. The molecule has 1 heterocycles. The normalized spacial score (nSPS) is 10.5. The first-order valence-electron chi connectivity index (χ1n) is 7.61. The van der Waals surface area contributed by atoms with Crippen molar-refractivity contribution in [3.05, 3.63) is 70.5 Å². The van der Waals surface area contributed by atoms with E-state index in [9.17, 15) is 18.8 Å². The number of nitrogens with one attached hydrogen (secondary N) is 1. The molecule has 3 aromatic rings. The molecule has 1 aromatic heterocycles. The van der Waals surface area contributed by atoms with Crippen molar-refractivity contribution < 1.29 is 18.7 Å². The lowest BCUT2D eigenvalue weighted by Crippen LogP contribution is -2.27. The second kappa shape index (κ2) is 7.14. The largest absolute Gasteiger partial charge is 0.465 e. The minimum Gasteiger partial charge on any atom is -0.465 e. The third kappa shape index (κ3) is 3.59. The Kier molecular flexibility index (Phi) is 4.74. The predicted octanol–water partition coefficient (Wildman–Crippen LogP) is 1.96. The number of nitrogens with zero attached hydrogens (tertiary/aromatic N) is 2. The molecule has 0 radical (unpaired) electrons. The van der Waals surface area contributed by atoms with Gasteiger partial charge in [-0.2, -0.15) is 0 Å². The summed E-state index contributed by atoms with van der Waals surface area (Å²) in [5, 5.41) is 2.85. The number of methoxy groups -OCH3 is 1. The number of ether oxygens (including phenoxy) is 1. The van der Waals surface area contributed by atoms with Gasteiger partial charge in [0.15, 0.2) is 0 Å². The van der Waals surface area contributed by atoms with Gasteiger partial charge in [-0.05, 0) is 36.4 Å². The highest BCUT2D eigenvalue weighted by molar-refractivity contribution is 5.93. The molecule has 0 atom stereocenters. The Morgan fingerprint density at radius 1 is 1.19 bits per heavy atom. The number of benzene rings is 2. The minimum atomic E-state index is -0.490. The van der Waals surface area contributed by atoms with Crippen molar-refractivity contribution in [2.75, 3.05) is 12.4 Å². The van der Waals surface area contributed by atoms with Crippen LogP contribution in [0.3, 0.4) is 0 Å². The van der Waals surface area contributed by atoms with E-state index >= 15 is 0 Å². The Hall–Kier alpha value is -3.55. The molecule has 0 aliphatic rings. The summed E-state index contributed by atoms with van der Waals surface area (Å²) < 4.78 is 18.9. The van der Waals surface area contributed by atoms with E-state index in [0.29, 0.717) is 11.3 Å². The second-order valence-corrected chi connectivity index (χ2v) is 5.46. The van der Waals surface area contributed by atoms with E-state index in [1.165, 1.54) is 37.7 Å². The molecule has 0 saturated heterocycles. The number of fused-ring (bicyclic) bond motifs is 1. The lowest BCUT2D eigenvalue weighted by Gasteiger charge is -2.08. The molecule has 8 heteroatoms. The summed E-state index contributed by atoms with van der Waals surface area (Å²) >= 11 is 0. The SMILES string of the molecule is COC(=O)c1ccc(NC(=O)Cn2cnc3cc(F)ccc3c2=O)cc1. The van der Waals surface area contributed by atoms with Crippen LogP contribution < -0.4 is 10.9 Å². The van der Waals surface area contributed by atoms with Crippen molar-refractivity contribution in [2.45, 2.75) is 6.54 Å². The quantitative estimate of drug-likeness (QED) is 0.723. The van der Waals surface area contributed by atoms with Gasteiger partial charge in [0.1, 0.15) is 12.4 Å². The van der Waals surface area contributed by atoms with Crippen LogP contribution in [0.1, 0.15) is 10.4 Å². The molecule has 0 fully saturated rings. The summed E-state index contributed by atoms with van der Waals surface area (Å²) in [4.78, 5) is 39.9. The van der Waals surface area contributed by atoms with E-state index in [-0.39, 0.29) is 17.4 Å². The van der Waals surface area contributed by atoms with Gasteiger partial charge in [-0.15, -0.1) is 0 Å². The molecule has 2 aromatic carbocycles. The Labute approximate surface area is 147 Å². The van der Waals surface area contributed by atoms with E-state index < -0.39 is 23.3 Å². The molecule has 26 heavy (non-hydrogen) atoms. The van der Waals surface area contributed by atoms with Gasteiger partial charge in [0.05, 0.1) is 29.9 Å². The van der Waals surface area contributed by atoms with E-state index in [1.807, 2.05) is 0 Å². The molecule has 1 amide bonds. The van der Waals surface area contributed by atoms with Crippen LogP contribution in [-0.2, 0) is 16.1 Å². The maximum atomic E-state index is 13.2. The molecule has 0 aliphatic heterocycles. The second-order valence-electron chi connectivity index (χ2n) is 5.46. The first-order valence-corrected chi connectivity index (χ1v) is 7.61. The fourth-order valence-corrected chi connectivity index (χ4v) is 2.41. The zero-order chi connectivity index (χ0) is 18.7. The smallest absolute Gasteiger partial charge is 0.337 e. The number of carbonyl (C=O) groups is 2. The van der Waals surface area contributed by atoms with Crippen molar-refractivity contribution in [3.8, 4) is 0 Å². The third-order valence-corrected chi connectivity index (χ3v) is 3.69. The first-order chi connectivity index (χ1) is 12.5. The Balaban J connectivity index is 1.75. The van der Waals surface area contributed by atoms with E-state index in [2.05, 4.69) is 15.0 Å².